The molecule has 5 rings (SSSR count). The first-order valence-corrected chi connectivity index (χ1v) is 14.5. The number of alkyl halides is 6. The van der Waals surface area contributed by atoms with Crippen molar-refractivity contribution >= 4 is 11.5 Å². The van der Waals surface area contributed by atoms with E-state index in [1.165, 1.54) is 26.0 Å². The van der Waals surface area contributed by atoms with Crippen molar-refractivity contribution < 1.29 is 45.2 Å². The molecule has 0 radical (unpaired) electrons. The Bertz CT molecular complexity index is 1760. The number of ether oxygens (including phenoxy) is 2. The molecule has 1 aliphatic heterocycles. The van der Waals surface area contributed by atoms with Crippen LogP contribution >= 0.6 is 0 Å². The predicted molar refractivity (Wildman–Crippen MR) is 159 cm³/mol. The van der Waals surface area contributed by atoms with Crippen molar-refractivity contribution in [3.63, 3.8) is 0 Å². The van der Waals surface area contributed by atoms with Crippen LogP contribution in [-0.2, 0) is 34.5 Å². The second kappa shape index (κ2) is 13.4. The van der Waals surface area contributed by atoms with Crippen molar-refractivity contribution in [1.29, 1.82) is 0 Å². The maximum atomic E-state index is 15.1. The van der Waals surface area contributed by atoms with E-state index in [0.29, 0.717) is 5.56 Å². The van der Waals surface area contributed by atoms with Gasteiger partial charge in [-0.1, -0.05) is 72.8 Å². The van der Waals surface area contributed by atoms with E-state index in [9.17, 15) is 23.3 Å². The van der Waals surface area contributed by atoms with Gasteiger partial charge in [0, 0.05) is 12.5 Å². The van der Waals surface area contributed by atoms with Gasteiger partial charge in [-0.3, -0.25) is 10.1 Å². The summed E-state index contributed by atoms with van der Waals surface area (Å²) in [6, 6.07) is 17.0. The standard InChI is InChI=1S/C32H29F6N5O5/c1-29(2)24(46-18-20-11-5-3-6-12-20)15-9-10-16-30(32(36,37)38,47-19-21-13-7-4-8-14-21)28-42-41-27(48-28)25-23(43(44)45)17-22(31(33,34)35)26(39-25)40-29/h3-14,17,24H,15-16,18-19H2,1-2H3,(H,39,40)/t24?,30-/m1/s1. The number of aromatic nitrogens is 3. The first-order valence-electron chi connectivity index (χ1n) is 14.5. The SMILES string of the molecule is CC1(C)Nc2nc(c([N+](=O)[O-])cc2C(F)(F)F)-c2nnc(o2)[C@@](OCc2ccccc2)(C(F)(F)F)CC=CCC1OCc1ccccc1. The normalized spacial score (nSPS) is 19.7. The van der Waals surface area contributed by atoms with Crippen LogP contribution in [0.5, 0.6) is 0 Å². The van der Waals surface area contributed by atoms with E-state index in [1.54, 1.807) is 60.7 Å². The fourth-order valence-corrected chi connectivity index (χ4v) is 5.10. The van der Waals surface area contributed by atoms with E-state index >= 15 is 13.2 Å². The van der Waals surface area contributed by atoms with E-state index in [4.69, 9.17) is 13.9 Å². The summed E-state index contributed by atoms with van der Waals surface area (Å²) in [5.74, 6) is -2.89. The lowest BCUT2D eigenvalue weighted by atomic mass is 9.92. The molecule has 10 nitrogen and oxygen atoms in total. The van der Waals surface area contributed by atoms with Gasteiger partial charge in [0.2, 0.25) is 11.3 Å². The summed E-state index contributed by atoms with van der Waals surface area (Å²) in [7, 11) is 0. The maximum absolute atomic E-state index is 15.1. The molecule has 4 aromatic rings. The molecule has 1 N–H and O–H groups in total. The van der Waals surface area contributed by atoms with Gasteiger partial charge in [0.1, 0.15) is 11.4 Å². The Hall–Kier alpha value is -4.83. The maximum Gasteiger partial charge on any atom is 0.426 e. The molecule has 1 unspecified atom stereocenters. The Morgan fingerprint density at radius 3 is 2.17 bits per heavy atom. The molecule has 0 saturated carbocycles. The molecule has 1 aliphatic rings. The number of halogens is 6. The molecule has 254 valence electrons. The lowest BCUT2D eigenvalue weighted by molar-refractivity contribution is -0.384. The zero-order valence-electron chi connectivity index (χ0n) is 25.5. The van der Waals surface area contributed by atoms with Crippen molar-refractivity contribution in [1.82, 2.24) is 15.2 Å². The number of nitrogens with one attached hydrogen (secondary N) is 1. The Kier molecular flexibility index (Phi) is 9.60. The summed E-state index contributed by atoms with van der Waals surface area (Å²) in [4.78, 5) is 14.7. The smallest absolute Gasteiger partial charge is 0.415 e. The highest BCUT2D eigenvalue weighted by Crippen LogP contribution is 2.47. The van der Waals surface area contributed by atoms with Crippen LogP contribution in [0, 0.1) is 10.1 Å². The lowest BCUT2D eigenvalue weighted by Crippen LogP contribution is -2.46. The molecule has 2 aromatic heterocycles. The molecule has 0 fully saturated rings. The quantitative estimate of drug-likeness (QED) is 0.0893. The highest BCUT2D eigenvalue weighted by Gasteiger charge is 2.61. The molecule has 4 bridgehead atoms. The minimum Gasteiger partial charge on any atom is -0.415 e. The van der Waals surface area contributed by atoms with Crippen LogP contribution in [0.2, 0.25) is 0 Å². The monoisotopic (exact) mass is 677 g/mol. The number of nitro groups is 1. The van der Waals surface area contributed by atoms with E-state index in [0.717, 1.165) is 5.56 Å². The number of hydrogen-bond acceptors (Lipinski definition) is 9. The number of nitrogens with zero attached hydrogens (tertiary/aromatic N) is 4. The minimum absolute atomic E-state index is 0.0175. The Balaban J connectivity index is 1.69. The summed E-state index contributed by atoms with van der Waals surface area (Å²) in [6.45, 7) is 2.50. The molecule has 2 atom stereocenters. The molecule has 0 saturated heterocycles. The summed E-state index contributed by atoms with van der Waals surface area (Å²) < 4.78 is 105. The zero-order valence-corrected chi connectivity index (χ0v) is 25.5. The topological polar surface area (TPSA) is 125 Å². The second-order valence-corrected chi connectivity index (χ2v) is 11.6. The van der Waals surface area contributed by atoms with E-state index < -0.39 is 82.1 Å². The van der Waals surface area contributed by atoms with Crippen LogP contribution in [0.25, 0.3) is 11.6 Å². The van der Waals surface area contributed by atoms with Gasteiger partial charge >= 0.3 is 18.0 Å². The summed E-state index contributed by atoms with van der Waals surface area (Å²) in [5.41, 5.74) is -7.10. The molecular weight excluding hydrogens is 648 g/mol. The van der Waals surface area contributed by atoms with Crippen LogP contribution in [0.3, 0.4) is 0 Å². The van der Waals surface area contributed by atoms with E-state index in [2.05, 4.69) is 20.5 Å². The third-order valence-electron chi connectivity index (χ3n) is 7.73. The molecule has 48 heavy (non-hydrogen) atoms. The van der Waals surface area contributed by atoms with Crippen molar-refractivity contribution in [2.45, 2.75) is 69.5 Å². The summed E-state index contributed by atoms with van der Waals surface area (Å²) in [6.07, 6.45) is -9.61. The van der Waals surface area contributed by atoms with Crippen molar-refractivity contribution in [3.8, 4) is 11.6 Å². The number of benzene rings is 2. The van der Waals surface area contributed by atoms with E-state index in [1.807, 2.05) is 0 Å². The summed E-state index contributed by atoms with van der Waals surface area (Å²) in [5, 5.41) is 21.8. The molecular formula is C32H29F6N5O5. The number of pyridine rings is 1. The average Bonchev–Trinajstić information content (AvgIpc) is 3.51. The molecule has 0 amide bonds. The van der Waals surface area contributed by atoms with Gasteiger partial charge in [-0.25, -0.2) is 4.98 Å². The average molecular weight is 678 g/mol. The van der Waals surface area contributed by atoms with Gasteiger partial charge in [0.15, 0.2) is 0 Å². The number of rotatable bonds is 7. The van der Waals surface area contributed by atoms with Gasteiger partial charge in [-0.15, -0.1) is 10.2 Å². The van der Waals surface area contributed by atoms with Crippen LogP contribution in [0.15, 0.2) is 83.3 Å². The number of anilines is 1. The van der Waals surface area contributed by atoms with Gasteiger partial charge in [0.05, 0.1) is 29.8 Å². The fourth-order valence-electron chi connectivity index (χ4n) is 5.10. The first-order chi connectivity index (χ1) is 22.6. The molecule has 0 spiro atoms. The molecule has 2 aromatic carbocycles. The number of fused-ring (bicyclic) bond motifs is 5. The van der Waals surface area contributed by atoms with Gasteiger partial charge in [-0.2, -0.15) is 26.3 Å². The van der Waals surface area contributed by atoms with Crippen LogP contribution < -0.4 is 5.32 Å². The highest BCUT2D eigenvalue weighted by molar-refractivity contribution is 5.68. The highest BCUT2D eigenvalue weighted by atomic mass is 19.4. The Morgan fingerprint density at radius 1 is 0.958 bits per heavy atom. The first kappa shape index (κ1) is 34.5. The third kappa shape index (κ3) is 7.33. The third-order valence-corrected chi connectivity index (χ3v) is 7.73. The molecule has 0 aliphatic carbocycles. The fraction of sp³-hybridized carbons (Fsp3) is 0.344. The number of hydrogen-bond donors (Lipinski definition) is 1. The van der Waals surface area contributed by atoms with Crippen molar-refractivity contribution in [2.24, 2.45) is 0 Å². The lowest BCUT2D eigenvalue weighted by Gasteiger charge is -2.36. The van der Waals surface area contributed by atoms with Crippen molar-refractivity contribution in [2.75, 3.05) is 5.32 Å². The largest absolute Gasteiger partial charge is 0.426 e. The van der Waals surface area contributed by atoms with Gasteiger partial charge in [-0.05, 0) is 31.4 Å². The summed E-state index contributed by atoms with van der Waals surface area (Å²) >= 11 is 0. The molecule has 16 heteroatoms. The predicted octanol–water partition coefficient (Wildman–Crippen LogP) is 8.16. The van der Waals surface area contributed by atoms with Crippen molar-refractivity contribution in [3.05, 3.63) is 112 Å². The Labute approximate surface area is 269 Å². The van der Waals surface area contributed by atoms with Gasteiger partial charge < -0.3 is 19.2 Å². The minimum atomic E-state index is -5.18. The van der Waals surface area contributed by atoms with E-state index in [-0.39, 0.29) is 19.1 Å². The van der Waals surface area contributed by atoms with Crippen LogP contribution in [0.4, 0.5) is 37.8 Å². The second-order valence-electron chi connectivity index (χ2n) is 11.6. The Morgan fingerprint density at radius 2 is 1.58 bits per heavy atom. The van der Waals surface area contributed by atoms with Crippen LogP contribution in [0.1, 0.15) is 49.3 Å². The van der Waals surface area contributed by atoms with Crippen LogP contribution in [-0.4, -0.2) is 37.9 Å². The molecule has 3 heterocycles. The zero-order chi connectivity index (χ0) is 34.7. The van der Waals surface area contributed by atoms with Gasteiger partial charge in [0.25, 0.3) is 11.8 Å².